The Kier molecular flexibility index (Phi) is 9.38. The van der Waals surface area contributed by atoms with E-state index in [4.69, 9.17) is 15.8 Å². The minimum atomic E-state index is -1.17. The molecular weight excluding hydrogens is 554 g/mol. The quantitative estimate of drug-likeness (QED) is 0.112. The molecule has 4 aromatic rings. The summed E-state index contributed by atoms with van der Waals surface area (Å²) in [5.41, 5.74) is 19.3. The molecule has 0 saturated heterocycles. The molecule has 1 heterocycles. The van der Waals surface area contributed by atoms with Crippen LogP contribution in [0.1, 0.15) is 33.2 Å². The Balaban J connectivity index is 1.59. The highest BCUT2D eigenvalue weighted by Gasteiger charge is 2.28. The van der Waals surface area contributed by atoms with Gasteiger partial charge in [-0.05, 0) is 41.7 Å². The molecule has 2 N–H and O–H groups in total. The number of para-hydroxylation sites is 1. The van der Waals surface area contributed by atoms with Crippen molar-refractivity contribution in [1.82, 2.24) is 15.2 Å². The third kappa shape index (κ3) is 6.63. The number of methoxy groups -OCH3 is 1. The number of amides is 2. The van der Waals surface area contributed by atoms with Crippen LogP contribution < -0.4 is 10.6 Å². The predicted octanol–water partition coefficient (Wildman–Crippen LogP) is 5.23. The molecule has 0 bridgehead atoms. The van der Waals surface area contributed by atoms with Gasteiger partial charge >= 0.3 is 5.97 Å². The summed E-state index contributed by atoms with van der Waals surface area (Å²) in [6.07, 6.45) is 1.51. The fraction of sp³-hybridized carbons (Fsp3) is 0.172. The summed E-state index contributed by atoms with van der Waals surface area (Å²) in [7, 11) is 1.18. The molecule has 0 fully saturated rings. The molecule has 1 aromatic heterocycles. The first kappa shape index (κ1) is 29.9. The van der Waals surface area contributed by atoms with E-state index >= 15 is 0 Å². The van der Waals surface area contributed by atoms with Gasteiger partial charge in [-0.1, -0.05) is 64.8 Å². The fourth-order valence-corrected chi connectivity index (χ4v) is 4.49. The molecule has 3 aromatic carbocycles. The Morgan fingerprint density at radius 2 is 1.44 bits per heavy atom. The van der Waals surface area contributed by atoms with Crippen molar-refractivity contribution >= 4 is 46.0 Å². The van der Waals surface area contributed by atoms with Crippen molar-refractivity contribution in [3.8, 4) is 0 Å². The standard InChI is InChI=1S/C29H25N9O5/c1-17(32-27(40)20-10-3-6-12-22(20)34-36-30)26(39)33-24(29(42)43-2)15-18-16-38(25-14-8-5-9-19(18)25)28(41)21-11-4-7-13-23(21)35-37-31/h3-14,16-17,24H,15H2,1-2H3,(H,32,40)(H,33,39)/t17-,24-/m0/s1. The molecule has 0 radical (unpaired) electrons. The number of carbonyl (C=O) groups is 4. The van der Waals surface area contributed by atoms with Crippen molar-refractivity contribution in [2.45, 2.75) is 25.4 Å². The van der Waals surface area contributed by atoms with Gasteiger partial charge in [0.1, 0.15) is 12.1 Å². The molecular formula is C29H25N9O5. The molecule has 0 aliphatic rings. The van der Waals surface area contributed by atoms with E-state index in [1.807, 2.05) is 0 Å². The number of azide groups is 2. The van der Waals surface area contributed by atoms with E-state index < -0.39 is 35.8 Å². The second-order valence-electron chi connectivity index (χ2n) is 9.24. The largest absolute Gasteiger partial charge is 0.467 e. The minimum Gasteiger partial charge on any atom is -0.467 e. The van der Waals surface area contributed by atoms with Crippen LogP contribution in [-0.2, 0) is 20.7 Å². The van der Waals surface area contributed by atoms with Gasteiger partial charge in [0, 0.05) is 39.0 Å². The van der Waals surface area contributed by atoms with Crippen molar-refractivity contribution in [1.29, 1.82) is 0 Å². The molecule has 0 saturated carbocycles. The van der Waals surface area contributed by atoms with E-state index in [2.05, 4.69) is 30.7 Å². The lowest BCUT2D eigenvalue weighted by Gasteiger charge is -2.20. The molecule has 0 unspecified atom stereocenters. The van der Waals surface area contributed by atoms with E-state index in [9.17, 15) is 19.2 Å². The number of ether oxygens (including phenoxy) is 1. The molecule has 43 heavy (non-hydrogen) atoms. The maximum Gasteiger partial charge on any atom is 0.328 e. The Morgan fingerprint density at radius 1 is 0.860 bits per heavy atom. The molecule has 14 heteroatoms. The van der Waals surface area contributed by atoms with Crippen LogP contribution in [-0.4, -0.2) is 47.5 Å². The molecule has 4 rings (SSSR count). The highest BCUT2D eigenvalue weighted by molar-refractivity contribution is 6.06. The number of hydrogen-bond acceptors (Lipinski definition) is 7. The van der Waals surface area contributed by atoms with Gasteiger partial charge in [-0.15, -0.1) is 0 Å². The van der Waals surface area contributed by atoms with Crippen LogP contribution in [0.25, 0.3) is 31.8 Å². The van der Waals surface area contributed by atoms with E-state index in [1.165, 1.54) is 36.8 Å². The number of nitrogens with zero attached hydrogens (tertiary/aromatic N) is 7. The lowest BCUT2D eigenvalue weighted by molar-refractivity contribution is -0.145. The zero-order valence-corrected chi connectivity index (χ0v) is 23.0. The Labute approximate surface area is 244 Å². The van der Waals surface area contributed by atoms with Crippen LogP contribution in [0.2, 0.25) is 0 Å². The van der Waals surface area contributed by atoms with Crippen molar-refractivity contribution in [2.75, 3.05) is 7.11 Å². The first-order valence-electron chi connectivity index (χ1n) is 12.9. The van der Waals surface area contributed by atoms with E-state index in [0.29, 0.717) is 16.5 Å². The van der Waals surface area contributed by atoms with Crippen molar-refractivity contribution in [3.05, 3.63) is 117 Å². The minimum absolute atomic E-state index is 0.0441. The third-order valence-electron chi connectivity index (χ3n) is 6.57. The number of aromatic nitrogens is 1. The SMILES string of the molecule is COC(=O)[C@H](Cc1cn(C(=O)c2ccccc2N=[N+]=[N-])c2ccccc12)NC(=O)[C@H](C)NC(=O)c1ccccc1N=[N+]=[N-]. The van der Waals surface area contributed by atoms with Gasteiger partial charge in [-0.2, -0.15) is 0 Å². The zero-order chi connectivity index (χ0) is 30.9. The van der Waals surface area contributed by atoms with Crippen molar-refractivity contribution in [2.24, 2.45) is 10.2 Å². The van der Waals surface area contributed by atoms with E-state index in [-0.39, 0.29) is 28.9 Å². The van der Waals surface area contributed by atoms with Crippen LogP contribution in [0.3, 0.4) is 0 Å². The van der Waals surface area contributed by atoms with Crippen LogP contribution in [0.15, 0.2) is 89.2 Å². The number of nitrogens with one attached hydrogen (secondary N) is 2. The van der Waals surface area contributed by atoms with Gasteiger partial charge in [-0.25, -0.2) is 4.79 Å². The first-order valence-corrected chi connectivity index (χ1v) is 12.9. The normalized spacial score (nSPS) is 11.8. The average molecular weight is 580 g/mol. The van der Waals surface area contributed by atoms with Crippen LogP contribution in [0.5, 0.6) is 0 Å². The molecule has 2 atom stereocenters. The van der Waals surface area contributed by atoms with Gasteiger partial charge in [0.05, 0.1) is 24.0 Å². The summed E-state index contributed by atoms with van der Waals surface area (Å²) in [6, 6.07) is 17.2. The van der Waals surface area contributed by atoms with Crippen LogP contribution >= 0.6 is 0 Å². The van der Waals surface area contributed by atoms with Gasteiger partial charge in [0.15, 0.2) is 0 Å². The van der Waals surface area contributed by atoms with Crippen LogP contribution in [0.4, 0.5) is 11.4 Å². The summed E-state index contributed by atoms with van der Waals surface area (Å²) in [4.78, 5) is 57.7. The summed E-state index contributed by atoms with van der Waals surface area (Å²) in [5, 5.41) is 12.9. The third-order valence-corrected chi connectivity index (χ3v) is 6.57. The number of fused-ring (bicyclic) bond motifs is 1. The maximum absolute atomic E-state index is 13.5. The Bertz CT molecular complexity index is 1820. The summed E-state index contributed by atoms with van der Waals surface area (Å²) in [6.45, 7) is 1.43. The lowest BCUT2D eigenvalue weighted by atomic mass is 10.0. The fourth-order valence-electron chi connectivity index (χ4n) is 4.49. The van der Waals surface area contributed by atoms with E-state index in [0.717, 1.165) is 0 Å². The first-order chi connectivity index (χ1) is 20.8. The molecule has 2 amide bonds. The summed E-state index contributed by atoms with van der Waals surface area (Å²) < 4.78 is 6.31. The summed E-state index contributed by atoms with van der Waals surface area (Å²) >= 11 is 0. The van der Waals surface area contributed by atoms with Gasteiger partial charge in [-0.3, -0.25) is 19.0 Å². The van der Waals surface area contributed by atoms with Gasteiger partial charge in [0.2, 0.25) is 5.91 Å². The number of rotatable bonds is 10. The second-order valence-corrected chi connectivity index (χ2v) is 9.24. The lowest BCUT2D eigenvalue weighted by Crippen LogP contribution is -2.51. The molecule has 0 aliphatic carbocycles. The highest BCUT2D eigenvalue weighted by atomic mass is 16.5. The summed E-state index contributed by atoms with van der Waals surface area (Å²) in [5.74, 6) is -2.52. The van der Waals surface area contributed by atoms with Gasteiger partial charge in [0.25, 0.3) is 11.8 Å². The topological polar surface area (TPSA) is 204 Å². The van der Waals surface area contributed by atoms with Crippen molar-refractivity contribution < 1.29 is 23.9 Å². The average Bonchev–Trinajstić information content (AvgIpc) is 3.39. The Morgan fingerprint density at radius 3 is 2.09 bits per heavy atom. The molecule has 0 aliphatic heterocycles. The monoisotopic (exact) mass is 579 g/mol. The smallest absolute Gasteiger partial charge is 0.328 e. The van der Waals surface area contributed by atoms with E-state index in [1.54, 1.807) is 60.8 Å². The number of hydrogen-bond donors (Lipinski definition) is 2. The Hall–Kier alpha value is -6.10. The number of esters is 1. The predicted molar refractivity (Wildman–Crippen MR) is 157 cm³/mol. The van der Waals surface area contributed by atoms with Gasteiger partial charge < -0.3 is 15.4 Å². The highest BCUT2D eigenvalue weighted by Crippen LogP contribution is 2.27. The van der Waals surface area contributed by atoms with Crippen molar-refractivity contribution in [3.63, 3.8) is 0 Å². The van der Waals surface area contributed by atoms with Crippen LogP contribution in [0, 0.1) is 0 Å². The number of carbonyl (C=O) groups excluding carboxylic acids is 4. The number of benzene rings is 3. The molecule has 0 spiro atoms. The molecule has 14 nitrogen and oxygen atoms in total. The zero-order valence-electron chi connectivity index (χ0n) is 23.0. The molecule has 216 valence electrons. The maximum atomic E-state index is 13.5. The second kappa shape index (κ2) is 13.5.